The van der Waals surface area contributed by atoms with Crippen molar-refractivity contribution in [2.24, 2.45) is 0 Å². The topological polar surface area (TPSA) is 50.1 Å². The molecule has 0 aliphatic carbocycles. The first-order valence-corrected chi connectivity index (χ1v) is 5.41. The SMILES string of the molecule is C=C(C)COc1ccc(C(=O)CCC#N)cc1. The Labute approximate surface area is 101 Å². The zero-order chi connectivity index (χ0) is 12.7. The summed E-state index contributed by atoms with van der Waals surface area (Å²) < 4.78 is 5.42. The summed E-state index contributed by atoms with van der Waals surface area (Å²) in [6, 6.07) is 8.89. The molecule has 88 valence electrons. The third-order valence-electron chi connectivity index (χ3n) is 2.13. The van der Waals surface area contributed by atoms with Crippen LogP contribution in [0.5, 0.6) is 5.75 Å². The van der Waals surface area contributed by atoms with Crippen molar-refractivity contribution in [2.45, 2.75) is 19.8 Å². The molecular weight excluding hydrogens is 214 g/mol. The maximum absolute atomic E-state index is 11.6. The summed E-state index contributed by atoms with van der Waals surface area (Å²) in [6.07, 6.45) is 0.523. The van der Waals surface area contributed by atoms with Crippen molar-refractivity contribution in [3.8, 4) is 11.8 Å². The van der Waals surface area contributed by atoms with Crippen LogP contribution >= 0.6 is 0 Å². The number of ether oxygens (including phenoxy) is 1. The van der Waals surface area contributed by atoms with Gasteiger partial charge in [0.05, 0.1) is 6.07 Å². The standard InChI is InChI=1S/C14H15NO2/c1-11(2)10-17-13-7-5-12(6-8-13)14(16)4-3-9-15/h5-8H,1,3-4,10H2,2H3. The molecule has 0 aliphatic rings. The largest absolute Gasteiger partial charge is 0.489 e. The van der Waals surface area contributed by atoms with Gasteiger partial charge < -0.3 is 4.74 Å². The molecule has 0 saturated carbocycles. The molecule has 1 rings (SSSR count). The highest BCUT2D eigenvalue weighted by Crippen LogP contribution is 2.14. The number of benzene rings is 1. The van der Waals surface area contributed by atoms with Crippen molar-refractivity contribution in [3.63, 3.8) is 0 Å². The van der Waals surface area contributed by atoms with Gasteiger partial charge in [0, 0.05) is 18.4 Å². The monoisotopic (exact) mass is 229 g/mol. The summed E-state index contributed by atoms with van der Waals surface area (Å²) in [5, 5.41) is 8.40. The first kappa shape index (κ1) is 13.0. The molecule has 3 heteroatoms. The number of carbonyl (C=O) groups excluding carboxylic acids is 1. The lowest BCUT2D eigenvalue weighted by atomic mass is 10.1. The molecule has 0 atom stereocenters. The lowest BCUT2D eigenvalue weighted by molar-refractivity contribution is 0.0984. The number of hydrogen-bond donors (Lipinski definition) is 0. The summed E-state index contributed by atoms with van der Waals surface area (Å²) in [4.78, 5) is 11.6. The van der Waals surface area contributed by atoms with E-state index in [1.54, 1.807) is 24.3 Å². The normalized spacial score (nSPS) is 9.41. The van der Waals surface area contributed by atoms with E-state index in [-0.39, 0.29) is 18.6 Å². The minimum absolute atomic E-state index is 0.0157. The zero-order valence-electron chi connectivity index (χ0n) is 9.90. The Morgan fingerprint density at radius 1 is 1.41 bits per heavy atom. The Hall–Kier alpha value is -2.08. The van der Waals surface area contributed by atoms with Crippen LogP contribution < -0.4 is 4.74 Å². The van der Waals surface area contributed by atoms with Gasteiger partial charge in [-0.1, -0.05) is 6.58 Å². The Balaban J connectivity index is 2.58. The second kappa shape index (κ2) is 6.49. The Morgan fingerprint density at radius 2 is 2.06 bits per heavy atom. The van der Waals surface area contributed by atoms with Gasteiger partial charge >= 0.3 is 0 Å². The summed E-state index contributed by atoms with van der Waals surface area (Å²) in [5.41, 5.74) is 1.56. The van der Waals surface area contributed by atoms with E-state index in [0.717, 1.165) is 5.57 Å². The fourth-order valence-electron chi connectivity index (χ4n) is 1.26. The molecular formula is C14H15NO2. The minimum Gasteiger partial charge on any atom is -0.489 e. The summed E-state index contributed by atoms with van der Waals surface area (Å²) in [7, 11) is 0. The second-order valence-electron chi connectivity index (χ2n) is 3.85. The van der Waals surface area contributed by atoms with Crippen LogP contribution in [-0.2, 0) is 0 Å². The third kappa shape index (κ3) is 4.52. The molecule has 0 aliphatic heterocycles. The van der Waals surface area contributed by atoms with E-state index in [1.165, 1.54) is 0 Å². The molecule has 0 amide bonds. The fourth-order valence-corrected chi connectivity index (χ4v) is 1.26. The van der Waals surface area contributed by atoms with Crippen molar-refractivity contribution < 1.29 is 9.53 Å². The number of Topliss-reactive ketones (excluding diaryl/α,β-unsaturated/α-hetero) is 1. The second-order valence-corrected chi connectivity index (χ2v) is 3.85. The Kier molecular flexibility index (Phi) is 4.96. The molecule has 0 fully saturated rings. The lowest BCUT2D eigenvalue weighted by Crippen LogP contribution is -2.00. The van der Waals surface area contributed by atoms with E-state index >= 15 is 0 Å². The van der Waals surface area contributed by atoms with Crippen LogP contribution in [0.1, 0.15) is 30.1 Å². The molecule has 3 nitrogen and oxygen atoms in total. The van der Waals surface area contributed by atoms with E-state index in [0.29, 0.717) is 17.9 Å². The smallest absolute Gasteiger partial charge is 0.163 e. The molecule has 0 unspecified atom stereocenters. The van der Waals surface area contributed by atoms with E-state index < -0.39 is 0 Å². The Bertz CT molecular complexity index is 440. The molecule has 0 saturated heterocycles. The van der Waals surface area contributed by atoms with Crippen molar-refractivity contribution in [1.82, 2.24) is 0 Å². The highest BCUT2D eigenvalue weighted by Gasteiger charge is 2.05. The number of hydrogen-bond acceptors (Lipinski definition) is 3. The Morgan fingerprint density at radius 3 is 2.59 bits per heavy atom. The lowest BCUT2D eigenvalue weighted by Gasteiger charge is -2.06. The van der Waals surface area contributed by atoms with Gasteiger partial charge in [0.1, 0.15) is 12.4 Å². The predicted molar refractivity (Wildman–Crippen MR) is 65.9 cm³/mol. The van der Waals surface area contributed by atoms with Gasteiger partial charge in [-0.25, -0.2) is 0 Å². The fraction of sp³-hybridized carbons (Fsp3) is 0.286. The summed E-state index contributed by atoms with van der Waals surface area (Å²) in [6.45, 7) is 6.10. The predicted octanol–water partition coefficient (Wildman–Crippen LogP) is 3.13. The number of rotatable bonds is 6. The summed E-state index contributed by atoms with van der Waals surface area (Å²) in [5.74, 6) is 0.697. The van der Waals surface area contributed by atoms with Crippen LogP contribution in [-0.4, -0.2) is 12.4 Å². The van der Waals surface area contributed by atoms with Gasteiger partial charge in [-0.3, -0.25) is 4.79 Å². The number of carbonyl (C=O) groups is 1. The van der Waals surface area contributed by atoms with Crippen molar-refractivity contribution in [2.75, 3.05) is 6.61 Å². The van der Waals surface area contributed by atoms with Gasteiger partial charge in [0.2, 0.25) is 0 Å². The molecule has 0 radical (unpaired) electrons. The van der Waals surface area contributed by atoms with Crippen LogP contribution in [0.15, 0.2) is 36.4 Å². The first-order valence-electron chi connectivity index (χ1n) is 5.41. The molecule has 0 heterocycles. The van der Waals surface area contributed by atoms with Gasteiger partial charge in [-0.15, -0.1) is 0 Å². The van der Waals surface area contributed by atoms with Crippen molar-refractivity contribution in [3.05, 3.63) is 42.0 Å². The van der Waals surface area contributed by atoms with Crippen LogP contribution in [0.25, 0.3) is 0 Å². The van der Waals surface area contributed by atoms with Crippen LogP contribution in [0.2, 0.25) is 0 Å². The molecule has 17 heavy (non-hydrogen) atoms. The van der Waals surface area contributed by atoms with Gasteiger partial charge in [0.25, 0.3) is 0 Å². The highest BCUT2D eigenvalue weighted by atomic mass is 16.5. The maximum Gasteiger partial charge on any atom is 0.163 e. The molecule has 0 aromatic heterocycles. The van der Waals surface area contributed by atoms with Crippen molar-refractivity contribution in [1.29, 1.82) is 5.26 Å². The molecule has 0 spiro atoms. The average molecular weight is 229 g/mol. The average Bonchev–Trinajstić information content (AvgIpc) is 2.34. The summed E-state index contributed by atoms with van der Waals surface area (Å²) >= 11 is 0. The number of ketones is 1. The molecule has 0 bridgehead atoms. The quantitative estimate of drug-likeness (QED) is 0.556. The first-order chi connectivity index (χ1) is 8.13. The van der Waals surface area contributed by atoms with Crippen LogP contribution in [0, 0.1) is 11.3 Å². The maximum atomic E-state index is 11.6. The van der Waals surface area contributed by atoms with Crippen LogP contribution in [0.4, 0.5) is 0 Å². The van der Waals surface area contributed by atoms with E-state index in [9.17, 15) is 4.79 Å². The van der Waals surface area contributed by atoms with Crippen molar-refractivity contribution >= 4 is 5.78 Å². The molecule has 0 N–H and O–H groups in total. The van der Waals surface area contributed by atoms with Crippen LogP contribution in [0.3, 0.4) is 0 Å². The highest BCUT2D eigenvalue weighted by molar-refractivity contribution is 5.96. The van der Waals surface area contributed by atoms with E-state index in [2.05, 4.69) is 6.58 Å². The van der Waals surface area contributed by atoms with E-state index in [4.69, 9.17) is 10.00 Å². The molecule has 1 aromatic carbocycles. The molecule has 1 aromatic rings. The number of nitrogens with zero attached hydrogens (tertiary/aromatic N) is 1. The minimum atomic E-state index is -0.0157. The van der Waals surface area contributed by atoms with Gasteiger partial charge in [-0.05, 0) is 36.8 Å². The van der Waals surface area contributed by atoms with Gasteiger partial charge in [-0.2, -0.15) is 5.26 Å². The zero-order valence-corrected chi connectivity index (χ0v) is 9.90. The van der Waals surface area contributed by atoms with Gasteiger partial charge in [0.15, 0.2) is 5.78 Å². The number of nitriles is 1. The third-order valence-corrected chi connectivity index (χ3v) is 2.13. The van der Waals surface area contributed by atoms with E-state index in [1.807, 2.05) is 13.0 Å².